The van der Waals surface area contributed by atoms with Gasteiger partial charge in [0.15, 0.2) is 0 Å². The number of carbonyl (C=O) groups excluding carboxylic acids is 1. The molecule has 3 rings (SSSR count). The summed E-state index contributed by atoms with van der Waals surface area (Å²) in [7, 11) is 0. The van der Waals surface area contributed by atoms with Crippen LogP contribution in [0.1, 0.15) is 43.5 Å². The number of carbonyl (C=O) groups is 2. The number of thiazole rings is 1. The molecule has 2 aromatic rings. The van der Waals surface area contributed by atoms with E-state index in [1.54, 1.807) is 11.3 Å². The normalized spacial score (nSPS) is 20.3. The first-order valence-electron chi connectivity index (χ1n) is 8.48. The van der Waals surface area contributed by atoms with E-state index in [4.69, 9.17) is 5.11 Å². The summed E-state index contributed by atoms with van der Waals surface area (Å²) >= 11 is 1.72. The molecule has 1 aromatic carbocycles. The molecule has 1 aliphatic carbocycles. The Labute approximate surface area is 145 Å². The van der Waals surface area contributed by atoms with Crippen LogP contribution in [0.15, 0.2) is 24.3 Å². The number of nitrogens with one attached hydrogen (secondary N) is 1. The Hall–Kier alpha value is -1.95. The van der Waals surface area contributed by atoms with Crippen LogP contribution in [0.5, 0.6) is 0 Å². The molecule has 1 aromatic heterocycles. The lowest BCUT2D eigenvalue weighted by Crippen LogP contribution is -2.33. The molecule has 2 atom stereocenters. The summed E-state index contributed by atoms with van der Waals surface area (Å²) in [5, 5.41) is 13.1. The highest BCUT2D eigenvalue weighted by Crippen LogP contribution is 2.26. The van der Waals surface area contributed by atoms with Gasteiger partial charge < -0.3 is 10.4 Å². The molecule has 128 valence electrons. The number of para-hydroxylation sites is 1. The number of benzene rings is 1. The van der Waals surface area contributed by atoms with Crippen molar-refractivity contribution in [1.29, 1.82) is 0 Å². The van der Waals surface area contributed by atoms with Crippen LogP contribution in [0.2, 0.25) is 0 Å². The molecule has 0 aliphatic heterocycles. The number of amides is 1. The van der Waals surface area contributed by atoms with Crippen LogP contribution in [0.4, 0.5) is 0 Å². The van der Waals surface area contributed by atoms with E-state index in [-0.39, 0.29) is 17.9 Å². The Morgan fingerprint density at radius 2 is 2.08 bits per heavy atom. The van der Waals surface area contributed by atoms with Gasteiger partial charge in [0.05, 0.1) is 21.1 Å². The molecule has 24 heavy (non-hydrogen) atoms. The molecule has 1 heterocycles. The van der Waals surface area contributed by atoms with E-state index in [1.807, 2.05) is 18.2 Å². The van der Waals surface area contributed by atoms with E-state index in [1.165, 1.54) is 4.70 Å². The van der Waals surface area contributed by atoms with E-state index < -0.39 is 5.97 Å². The lowest BCUT2D eigenvalue weighted by Gasteiger charge is -2.12. The third kappa shape index (κ3) is 4.32. The minimum Gasteiger partial charge on any atom is -0.481 e. The highest BCUT2D eigenvalue weighted by Gasteiger charge is 2.30. The fraction of sp³-hybridized carbons (Fsp3) is 0.500. The molecule has 0 unspecified atom stereocenters. The predicted octanol–water partition coefficient (Wildman–Crippen LogP) is 3.38. The number of rotatable bonds is 7. The van der Waals surface area contributed by atoms with Gasteiger partial charge in [-0.15, -0.1) is 11.3 Å². The summed E-state index contributed by atoms with van der Waals surface area (Å²) < 4.78 is 1.21. The van der Waals surface area contributed by atoms with E-state index in [9.17, 15) is 9.59 Å². The molecule has 1 fully saturated rings. The smallest absolute Gasteiger partial charge is 0.306 e. The van der Waals surface area contributed by atoms with E-state index in [0.717, 1.165) is 36.2 Å². The first kappa shape index (κ1) is 16.9. The summed E-state index contributed by atoms with van der Waals surface area (Å²) in [6.45, 7) is 0. The Morgan fingerprint density at radius 1 is 1.25 bits per heavy atom. The van der Waals surface area contributed by atoms with E-state index in [2.05, 4.69) is 16.4 Å². The van der Waals surface area contributed by atoms with Gasteiger partial charge in [-0.1, -0.05) is 12.1 Å². The summed E-state index contributed by atoms with van der Waals surface area (Å²) in [5.41, 5.74) is 1.05. The molecule has 1 saturated carbocycles. The second-order valence-electron chi connectivity index (χ2n) is 6.40. The molecule has 2 N–H and O–H groups in total. The number of fused-ring (bicyclic) bond motifs is 1. The number of aromatic nitrogens is 1. The quantitative estimate of drug-likeness (QED) is 0.753. The SMILES string of the molecule is O=C(CCCCc1nc2ccccc2s1)N[C@H]1CC[C@@H](C(=O)O)C1. The van der Waals surface area contributed by atoms with Crippen molar-refractivity contribution in [3.8, 4) is 0 Å². The Balaban J connectivity index is 1.36. The number of aliphatic carboxylic acids is 1. The number of hydrogen-bond acceptors (Lipinski definition) is 4. The van der Waals surface area contributed by atoms with Gasteiger partial charge in [-0.3, -0.25) is 9.59 Å². The van der Waals surface area contributed by atoms with Crippen LogP contribution < -0.4 is 5.32 Å². The minimum absolute atomic E-state index is 0.0304. The summed E-state index contributed by atoms with van der Waals surface area (Å²) in [6.07, 6.45) is 5.17. The molecule has 5 nitrogen and oxygen atoms in total. The van der Waals surface area contributed by atoms with Crippen molar-refractivity contribution in [2.75, 3.05) is 0 Å². The van der Waals surface area contributed by atoms with Gasteiger partial charge >= 0.3 is 5.97 Å². The largest absolute Gasteiger partial charge is 0.481 e. The fourth-order valence-electron chi connectivity index (χ4n) is 3.23. The van der Waals surface area contributed by atoms with Crippen molar-refractivity contribution in [3.63, 3.8) is 0 Å². The summed E-state index contributed by atoms with van der Waals surface area (Å²) in [5.74, 6) is -1.01. The molecule has 1 amide bonds. The lowest BCUT2D eigenvalue weighted by atomic mass is 10.1. The zero-order valence-electron chi connectivity index (χ0n) is 13.5. The van der Waals surface area contributed by atoms with Crippen LogP contribution in [0.3, 0.4) is 0 Å². The van der Waals surface area contributed by atoms with Gasteiger partial charge in [0.2, 0.25) is 5.91 Å². The first-order valence-corrected chi connectivity index (χ1v) is 9.30. The summed E-state index contributed by atoms with van der Waals surface area (Å²) in [6, 6.07) is 8.15. The second kappa shape index (κ2) is 7.75. The topological polar surface area (TPSA) is 79.3 Å². The third-order valence-corrected chi connectivity index (χ3v) is 5.63. The number of hydrogen-bond donors (Lipinski definition) is 2. The highest BCUT2D eigenvalue weighted by molar-refractivity contribution is 7.18. The molecule has 0 radical (unpaired) electrons. The van der Waals surface area contributed by atoms with Crippen molar-refractivity contribution in [1.82, 2.24) is 10.3 Å². The van der Waals surface area contributed by atoms with Crippen molar-refractivity contribution in [3.05, 3.63) is 29.3 Å². The Morgan fingerprint density at radius 3 is 2.83 bits per heavy atom. The molecule has 1 aliphatic rings. The van der Waals surface area contributed by atoms with Crippen LogP contribution in [0, 0.1) is 5.92 Å². The maximum absolute atomic E-state index is 12.0. The Kier molecular flexibility index (Phi) is 5.45. The zero-order valence-corrected chi connectivity index (χ0v) is 14.3. The van der Waals surface area contributed by atoms with Gasteiger partial charge in [0.25, 0.3) is 0 Å². The summed E-state index contributed by atoms with van der Waals surface area (Å²) in [4.78, 5) is 27.5. The minimum atomic E-state index is -0.748. The van der Waals surface area contributed by atoms with Crippen molar-refractivity contribution in [2.24, 2.45) is 5.92 Å². The fourth-order valence-corrected chi connectivity index (χ4v) is 4.23. The molecule has 0 bridgehead atoms. The Bertz CT molecular complexity index is 695. The van der Waals surface area contributed by atoms with Crippen LogP contribution in [-0.4, -0.2) is 28.0 Å². The number of carboxylic acid groups (broad SMARTS) is 1. The first-order chi connectivity index (χ1) is 11.6. The maximum Gasteiger partial charge on any atom is 0.306 e. The van der Waals surface area contributed by atoms with Crippen LogP contribution >= 0.6 is 11.3 Å². The van der Waals surface area contributed by atoms with E-state index >= 15 is 0 Å². The zero-order chi connectivity index (χ0) is 16.9. The van der Waals surface area contributed by atoms with Crippen LogP contribution in [-0.2, 0) is 16.0 Å². The second-order valence-corrected chi connectivity index (χ2v) is 7.51. The molecular formula is C18H22N2O3S. The number of unbranched alkanes of at least 4 members (excludes halogenated alkanes) is 1. The number of carboxylic acids is 1. The average Bonchev–Trinajstić information content (AvgIpc) is 3.17. The third-order valence-electron chi connectivity index (χ3n) is 4.53. The molecule has 6 heteroatoms. The number of aryl methyl sites for hydroxylation is 1. The standard InChI is InChI=1S/C18H22N2O3S/c21-16(19-13-10-9-12(11-13)18(22)23)7-3-4-8-17-20-14-5-1-2-6-15(14)24-17/h1-2,5-6,12-13H,3-4,7-11H2,(H,19,21)(H,22,23)/t12-,13+/m1/s1. The van der Waals surface area contributed by atoms with Gasteiger partial charge in [0, 0.05) is 12.5 Å². The van der Waals surface area contributed by atoms with Gasteiger partial charge in [-0.2, -0.15) is 0 Å². The monoisotopic (exact) mass is 346 g/mol. The van der Waals surface area contributed by atoms with Crippen molar-refractivity contribution < 1.29 is 14.7 Å². The van der Waals surface area contributed by atoms with E-state index in [0.29, 0.717) is 19.3 Å². The lowest BCUT2D eigenvalue weighted by molar-refractivity contribution is -0.141. The van der Waals surface area contributed by atoms with Crippen LogP contribution in [0.25, 0.3) is 10.2 Å². The molecular weight excluding hydrogens is 324 g/mol. The van der Waals surface area contributed by atoms with Gasteiger partial charge in [-0.05, 0) is 50.7 Å². The molecule has 0 saturated heterocycles. The van der Waals surface area contributed by atoms with Crippen molar-refractivity contribution >= 4 is 33.4 Å². The molecule has 0 spiro atoms. The van der Waals surface area contributed by atoms with Crippen molar-refractivity contribution in [2.45, 2.75) is 51.0 Å². The van der Waals surface area contributed by atoms with Gasteiger partial charge in [-0.25, -0.2) is 4.98 Å². The highest BCUT2D eigenvalue weighted by atomic mass is 32.1. The predicted molar refractivity (Wildman–Crippen MR) is 94.1 cm³/mol. The number of nitrogens with zero attached hydrogens (tertiary/aromatic N) is 1. The maximum atomic E-state index is 12.0. The van der Waals surface area contributed by atoms with Gasteiger partial charge in [0.1, 0.15) is 0 Å². The average molecular weight is 346 g/mol.